The van der Waals surface area contributed by atoms with Crippen molar-refractivity contribution in [2.24, 2.45) is 5.14 Å². The molecule has 0 spiro atoms. The minimum absolute atomic E-state index is 0.136. The molecule has 1 amide bonds. The monoisotopic (exact) mass is 357 g/mol. The van der Waals surface area contributed by atoms with Crippen molar-refractivity contribution in [1.82, 2.24) is 4.98 Å². The van der Waals surface area contributed by atoms with E-state index in [1.807, 2.05) is 0 Å². The quantitative estimate of drug-likeness (QED) is 0.656. The number of primary sulfonamides is 1. The van der Waals surface area contributed by atoms with Crippen molar-refractivity contribution in [2.45, 2.75) is 5.75 Å². The predicted octanol–water partition coefficient (Wildman–Crippen LogP) is 1.57. The molecule has 0 radical (unpaired) electrons. The van der Waals surface area contributed by atoms with Gasteiger partial charge in [-0.1, -0.05) is 30.3 Å². The van der Waals surface area contributed by atoms with E-state index in [2.05, 4.69) is 10.3 Å². The normalized spacial score (nSPS) is 11.4. The lowest BCUT2D eigenvalue weighted by Gasteiger charge is -2.07. The highest BCUT2D eigenvalue weighted by Crippen LogP contribution is 2.14. The van der Waals surface area contributed by atoms with Crippen LogP contribution in [0.15, 0.2) is 59.4 Å². The molecule has 0 unspecified atom stereocenters. The van der Waals surface area contributed by atoms with Crippen molar-refractivity contribution in [2.75, 3.05) is 5.32 Å². The Balaban J connectivity index is 1.81. The molecule has 0 aliphatic rings. The first kappa shape index (κ1) is 16.9. The van der Waals surface area contributed by atoms with Crippen LogP contribution in [0.3, 0.4) is 0 Å². The van der Waals surface area contributed by atoms with E-state index in [1.54, 1.807) is 54.6 Å². The zero-order valence-electron chi connectivity index (χ0n) is 13.0. The zero-order chi connectivity index (χ0) is 18.0. The maximum atomic E-state index is 12.3. The Morgan fingerprint density at radius 1 is 1.08 bits per heavy atom. The Morgan fingerprint density at radius 2 is 1.76 bits per heavy atom. The number of sulfonamides is 1. The fourth-order valence-electron chi connectivity index (χ4n) is 2.45. The molecule has 0 aliphatic heterocycles. The summed E-state index contributed by atoms with van der Waals surface area (Å²) in [5, 5.41) is 8.81. The molecule has 0 fully saturated rings. The van der Waals surface area contributed by atoms with Crippen molar-refractivity contribution in [3.8, 4) is 0 Å². The molecule has 7 nitrogen and oxygen atoms in total. The third-order valence-electron chi connectivity index (χ3n) is 3.58. The minimum Gasteiger partial charge on any atom is -0.321 e. The van der Waals surface area contributed by atoms with Crippen LogP contribution in [0.1, 0.15) is 16.1 Å². The first-order valence-electron chi connectivity index (χ1n) is 7.35. The van der Waals surface area contributed by atoms with Gasteiger partial charge in [0, 0.05) is 11.1 Å². The molecule has 1 aromatic heterocycles. The average molecular weight is 357 g/mol. The van der Waals surface area contributed by atoms with Crippen LogP contribution in [-0.2, 0) is 15.8 Å². The Kier molecular flexibility index (Phi) is 4.39. The topological polar surface area (TPSA) is 122 Å². The summed E-state index contributed by atoms with van der Waals surface area (Å²) in [6, 6.07) is 14.8. The molecular formula is C17H15N3O4S. The van der Waals surface area contributed by atoms with Crippen LogP contribution in [0.25, 0.3) is 10.8 Å². The number of pyridine rings is 1. The van der Waals surface area contributed by atoms with Gasteiger partial charge in [-0.15, -0.1) is 0 Å². The van der Waals surface area contributed by atoms with Gasteiger partial charge in [0.05, 0.1) is 5.75 Å². The van der Waals surface area contributed by atoms with Crippen molar-refractivity contribution in [3.05, 3.63) is 76.2 Å². The third kappa shape index (κ3) is 4.11. The summed E-state index contributed by atoms with van der Waals surface area (Å²) in [5.41, 5.74) is 0.779. The molecule has 0 aliphatic carbocycles. The lowest BCUT2D eigenvalue weighted by atomic mass is 10.1. The highest BCUT2D eigenvalue weighted by atomic mass is 32.2. The van der Waals surface area contributed by atoms with Crippen LogP contribution < -0.4 is 16.0 Å². The molecule has 8 heteroatoms. The third-order valence-corrected chi connectivity index (χ3v) is 4.31. The van der Waals surface area contributed by atoms with Crippen molar-refractivity contribution < 1.29 is 13.2 Å². The number of carbonyl (C=O) groups is 1. The van der Waals surface area contributed by atoms with Gasteiger partial charge in [-0.05, 0) is 35.2 Å². The first-order valence-corrected chi connectivity index (χ1v) is 9.06. The highest BCUT2D eigenvalue weighted by Gasteiger charge is 2.10. The average Bonchev–Trinajstić information content (AvgIpc) is 2.55. The van der Waals surface area contributed by atoms with E-state index < -0.39 is 15.9 Å². The SMILES string of the molecule is NS(=O)(=O)Cc1ccc(NC(=O)c2cc3ccccc3c(=O)[nH]2)cc1. The van der Waals surface area contributed by atoms with Crippen LogP contribution in [0.2, 0.25) is 0 Å². The molecule has 25 heavy (non-hydrogen) atoms. The fraction of sp³-hybridized carbons (Fsp3) is 0.0588. The second-order valence-electron chi connectivity index (χ2n) is 5.56. The van der Waals surface area contributed by atoms with E-state index in [9.17, 15) is 18.0 Å². The number of rotatable bonds is 4. The molecule has 0 saturated heterocycles. The van der Waals surface area contributed by atoms with Gasteiger partial charge < -0.3 is 10.3 Å². The van der Waals surface area contributed by atoms with Crippen molar-refractivity contribution >= 4 is 32.4 Å². The van der Waals surface area contributed by atoms with E-state index in [1.165, 1.54) is 0 Å². The zero-order valence-corrected chi connectivity index (χ0v) is 13.8. The summed E-state index contributed by atoms with van der Waals surface area (Å²) in [5.74, 6) is -0.749. The number of H-pyrrole nitrogens is 1. The van der Waals surface area contributed by atoms with Gasteiger partial charge in [0.2, 0.25) is 10.0 Å². The highest BCUT2D eigenvalue weighted by molar-refractivity contribution is 7.88. The van der Waals surface area contributed by atoms with E-state index in [0.29, 0.717) is 22.0 Å². The Labute approximate surface area is 143 Å². The van der Waals surface area contributed by atoms with Gasteiger partial charge in [-0.2, -0.15) is 0 Å². The van der Waals surface area contributed by atoms with Crippen LogP contribution in [0.4, 0.5) is 5.69 Å². The molecule has 1 heterocycles. The Hall–Kier alpha value is -2.97. The smallest absolute Gasteiger partial charge is 0.272 e. The number of hydrogen-bond acceptors (Lipinski definition) is 4. The number of anilines is 1. The van der Waals surface area contributed by atoms with Gasteiger partial charge in [0.1, 0.15) is 5.69 Å². The van der Waals surface area contributed by atoms with Crippen LogP contribution in [-0.4, -0.2) is 19.3 Å². The lowest BCUT2D eigenvalue weighted by molar-refractivity contribution is 0.102. The maximum Gasteiger partial charge on any atom is 0.272 e. The number of nitrogens with two attached hydrogens (primary N) is 1. The molecule has 0 bridgehead atoms. The van der Waals surface area contributed by atoms with Crippen molar-refractivity contribution in [3.63, 3.8) is 0 Å². The number of amides is 1. The van der Waals surface area contributed by atoms with E-state index >= 15 is 0 Å². The molecule has 3 aromatic rings. The summed E-state index contributed by atoms with van der Waals surface area (Å²) in [4.78, 5) is 26.9. The number of carbonyl (C=O) groups excluding carboxylic acids is 1. The molecule has 0 saturated carbocycles. The summed E-state index contributed by atoms with van der Waals surface area (Å²) >= 11 is 0. The molecule has 4 N–H and O–H groups in total. The Bertz CT molecular complexity index is 1100. The fourth-order valence-corrected chi connectivity index (χ4v) is 3.11. The second kappa shape index (κ2) is 6.50. The maximum absolute atomic E-state index is 12.3. The minimum atomic E-state index is -3.61. The standard InChI is InChI=1S/C17H15N3O4S/c18-25(23,24)10-11-5-7-13(8-6-11)19-17(22)15-9-12-3-1-2-4-14(12)16(21)20-15/h1-9H,10H2,(H,19,22)(H,20,21)(H2,18,23,24). The van der Waals surface area contributed by atoms with E-state index in [0.717, 1.165) is 0 Å². The summed E-state index contributed by atoms with van der Waals surface area (Å²) in [6.45, 7) is 0. The molecular weight excluding hydrogens is 342 g/mol. The lowest BCUT2D eigenvalue weighted by Crippen LogP contribution is -2.19. The predicted molar refractivity (Wildman–Crippen MR) is 95.8 cm³/mol. The van der Waals surface area contributed by atoms with Gasteiger partial charge >= 0.3 is 0 Å². The van der Waals surface area contributed by atoms with Crippen LogP contribution in [0.5, 0.6) is 0 Å². The number of nitrogens with one attached hydrogen (secondary N) is 2. The summed E-state index contributed by atoms with van der Waals surface area (Å²) in [7, 11) is -3.61. The molecule has 0 atom stereocenters. The number of fused-ring (bicyclic) bond motifs is 1. The molecule has 2 aromatic carbocycles. The number of benzene rings is 2. The van der Waals surface area contributed by atoms with Gasteiger partial charge in [0.25, 0.3) is 11.5 Å². The number of aromatic nitrogens is 1. The molecule has 3 rings (SSSR count). The van der Waals surface area contributed by atoms with Gasteiger partial charge in [-0.3, -0.25) is 9.59 Å². The van der Waals surface area contributed by atoms with Crippen molar-refractivity contribution in [1.29, 1.82) is 0 Å². The van der Waals surface area contributed by atoms with E-state index in [4.69, 9.17) is 5.14 Å². The van der Waals surface area contributed by atoms with Gasteiger partial charge in [0.15, 0.2) is 0 Å². The molecule has 128 valence electrons. The largest absolute Gasteiger partial charge is 0.321 e. The second-order valence-corrected chi connectivity index (χ2v) is 7.17. The van der Waals surface area contributed by atoms with E-state index in [-0.39, 0.29) is 17.0 Å². The number of hydrogen-bond donors (Lipinski definition) is 3. The van der Waals surface area contributed by atoms with Crippen LogP contribution in [0, 0.1) is 0 Å². The summed E-state index contributed by atoms with van der Waals surface area (Å²) in [6.07, 6.45) is 0. The van der Waals surface area contributed by atoms with Gasteiger partial charge in [-0.25, -0.2) is 13.6 Å². The van der Waals surface area contributed by atoms with Crippen LogP contribution >= 0.6 is 0 Å². The summed E-state index contributed by atoms with van der Waals surface area (Å²) < 4.78 is 22.1. The Morgan fingerprint density at radius 3 is 2.44 bits per heavy atom. The number of aromatic amines is 1. The first-order chi connectivity index (χ1) is 11.8.